The maximum atomic E-state index is 12.9. The smallest absolute Gasteiger partial charge is 0.342 e. The molecule has 32 heavy (non-hydrogen) atoms. The highest BCUT2D eigenvalue weighted by Gasteiger charge is 2.31. The summed E-state index contributed by atoms with van der Waals surface area (Å²) in [7, 11) is 0. The van der Waals surface area contributed by atoms with Gasteiger partial charge in [0, 0.05) is 40.7 Å². The van der Waals surface area contributed by atoms with Crippen LogP contribution >= 0.6 is 11.6 Å². The second-order valence-electron chi connectivity index (χ2n) is 8.39. The lowest BCUT2D eigenvalue weighted by molar-refractivity contribution is -0.117. The molecule has 5 rings (SSSR count). The highest BCUT2D eigenvalue weighted by molar-refractivity contribution is 6.31. The number of amides is 2. The van der Waals surface area contributed by atoms with Crippen molar-refractivity contribution in [2.24, 2.45) is 5.92 Å². The summed E-state index contributed by atoms with van der Waals surface area (Å²) in [5.41, 5.74) is 3.21. The fourth-order valence-corrected chi connectivity index (χ4v) is 3.87. The number of carbonyl (C=O) groups is 2. The molecule has 0 atom stereocenters. The number of carbonyl (C=O) groups excluding carboxylic acids is 2. The van der Waals surface area contributed by atoms with Gasteiger partial charge in [-0.05, 0) is 55.5 Å². The Kier molecular flexibility index (Phi) is 5.35. The molecule has 2 fully saturated rings. The number of hydrogen-bond acceptors (Lipinski definition) is 4. The first-order valence-electron chi connectivity index (χ1n) is 10.8. The van der Waals surface area contributed by atoms with Gasteiger partial charge in [-0.1, -0.05) is 29.8 Å². The quantitative estimate of drug-likeness (QED) is 0.498. The molecule has 0 bridgehead atoms. The van der Waals surface area contributed by atoms with Gasteiger partial charge in [0.15, 0.2) is 0 Å². The van der Waals surface area contributed by atoms with Crippen LogP contribution in [-0.4, -0.2) is 26.8 Å². The molecule has 1 aromatic heterocycles. The van der Waals surface area contributed by atoms with E-state index >= 15 is 0 Å². The summed E-state index contributed by atoms with van der Waals surface area (Å²) in [4.78, 5) is 24.9. The molecule has 0 saturated heterocycles. The average molecular weight is 451 g/mol. The molecular weight excluding hydrogens is 428 g/mol. The first-order chi connectivity index (χ1) is 15.5. The van der Waals surface area contributed by atoms with Gasteiger partial charge >= 0.3 is 6.03 Å². The van der Waals surface area contributed by atoms with E-state index in [1.54, 1.807) is 18.2 Å². The molecule has 0 unspecified atom stereocenters. The van der Waals surface area contributed by atoms with E-state index in [1.807, 2.05) is 24.3 Å². The highest BCUT2D eigenvalue weighted by Crippen LogP contribution is 2.42. The predicted molar refractivity (Wildman–Crippen MR) is 122 cm³/mol. The van der Waals surface area contributed by atoms with Crippen LogP contribution in [0.1, 0.15) is 42.9 Å². The van der Waals surface area contributed by atoms with E-state index in [1.165, 1.54) is 10.7 Å². The number of nitrogens with zero attached hydrogens (tertiary/aromatic N) is 2. The minimum Gasteiger partial charge on any atom is -0.507 e. The van der Waals surface area contributed by atoms with Gasteiger partial charge in [0.25, 0.3) is 0 Å². The van der Waals surface area contributed by atoms with Crippen molar-refractivity contribution < 1.29 is 14.7 Å². The number of aromatic hydroxyl groups is 1. The number of rotatable bonds is 6. The van der Waals surface area contributed by atoms with E-state index in [2.05, 4.69) is 15.7 Å². The van der Waals surface area contributed by atoms with Crippen molar-refractivity contribution >= 4 is 29.2 Å². The zero-order chi connectivity index (χ0) is 22.2. The number of benzene rings is 2. The Labute approximate surface area is 190 Å². The first-order valence-corrected chi connectivity index (χ1v) is 11.1. The van der Waals surface area contributed by atoms with E-state index in [0.29, 0.717) is 28.5 Å². The molecule has 0 spiro atoms. The molecule has 7 nitrogen and oxygen atoms in total. The molecule has 1 heterocycles. The number of hydrogen-bond donors (Lipinski definition) is 3. The van der Waals surface area contributed by atoms with Crippen LogP contribution in [0.2, 0.25) is 5.02 Å². The predicted octanol–water partition coefficient (Wildman–Crippen LogP) is 4.89. The Morgan fingerprint density at radius 3 is 2.56 bits per heavy atom. The minimum absolute atomic E-state index is 0.00192. The van der Waals surface area contributed by atoms with Crippen LogP contribution in [0.3, 0.4) is 0 Å². The molecule has 2 aliphatic carbocycles. The highest BCUT2D eigenvalue weighted by atomic mass is 35.5. The van der Waals surface area contributed by atoms with Crippen LogP contribution in [0.4, 0.5) is 10.5 Å². The van der Waals surface area contributed by atoms with E-state index in [-0.39, 0.29) is 29.5 Å². The van der Waals surface area contributed by atoms with Gasteiger partial charge in [0.2, 0.25) is 5.91 Å². The minimum atomic E-state index is -0.342. The Morgan fingerprint density at radius 1 is 1.09 bits per heavy atom. The molecule has 3 N–H and O–H groups in total. The van der Waals surface area contributed by atoms with E-state index in [9.17, 15) is 14.7 Å². The average Bonchev–Trinajstić information content (AvgIpc) is 3.70. The zero-order valence-corrected chi connectivity index (χ0v) is 18.1. The molecule has 2 saturated carbocycles. The number of phenolic OH excluding ortho intramolecular Hbond substituents is 1. The number of anilines is 1. The number of nitrogens with one attached hydrogen (secondary N) is 2. The monoisotopic (exact) mass is 450 g/mol. The molecular formula is C24H23ClN4O3. The number of phenols is 1. The lowest BCUT2D eigenvalue weighted by atomic mass is 10.1. The second kappa shape index (κ2) is 8.31. The van der Waals surface area contributed by atoms with Gasteiger partial charge in [-0.3, -0.25) is 4.79 Å². The number of aromatic nitrogens is 2. The van der Waals surface area contributed by atoms with Crippen molar-refractivity contribution in [3.05, 3.63) is 64.8 Å². The van der Waals surface area contributed by atoms with Gasteiger partial charge in [-0.25, -0.2) is 4.79 Å². The Hall–Kier alpha value is -3.32. The molecule has 0 radical (unpaired) electrons. The summed E-state index contributed by atoms with van der Waals surface area (Å²) < 4.78 is 1.38. The van der Waals surface area contributed by atoms with Crippen molar-refractivity contribution in [2.75, 3.05) is 5.32 Å². The normalized spacial score (nSPS) is 15.4. The van der Waals surface area contributed by atoms with Gasteiger partial charge in [0.1, 0.15) is 5.75 Å². The van der Waals surface area contributed by atoms with Crippen molar-refractivity contribution in [1.82, 2.24) is 15.1 Å². The number of halogens is 1. The third kappa shape index (κ3) is 4.34. The van der Waals surface area contributed by atoms with Crippen LogP contribution in [0.25, 0.3) is 11.3 Å². The van der Waals surface area contributed by atoms with Crippen molar-refractivity contribution in [1.29, 1.82) is 0 Å². The van der Waals surface area contributed by atoms with E-state index < -0.39 is 0 Å². The van der Waals surface area contributed by atoms with Gasteiger partial charge in [0.05, 0.1) is 11.4 Å². The Morgan fingerprint density at radius 2 is 1.88 bits per heavy atom. The molecule has 0 aliphatic heterocycles. The van der Waals surface area contributed by atoms with Crippen molar-refractivity contribution in [3.8, 4) is 17.0 Å². The lowest BCUT2D eigenvalue weighted by Crippen LogP contribution is -2.30. The Bertz CT molecular complexity index is 1200. The van der Waals surface area contributed by atoms with Crippen LogP contribution in [0, 0.1) is 5.92 Å². The summed E-state index contributed by atoms with van der Waals surface area (Å²) in [6, 6.07) is 13.8. The van der Waals surface area contributed by atoms with Crippen molar-refractivity contribution in [3.63, 3.8) is 0 Å². The fourth-order valence-electron chi connectivity index (χ4n) is 3.66. The lowest BCUT2D eigenvalue weighted by Gasteiger charge is -2.09. The van der Waals surface area contributed by atoms with Crippen LogP contribution in [0.15, 0.2) is 48.5 Å². The molecule has 164 valence electrons. The van der Waals surface area contributed by atoms with Crippen LogP contribution in [-0.2, 0) is 11.3 Å². The first kappa shape index (κ1) is 20.6. The third-order valence-electron chi connectivity index (χ3n) is 5.80. The van der Waals surface area contributed by atoms with Gasteiger partial charge in [-0.15, -0.1) is 0 Å². The Balaban J connectivity index is 1.36. The third-order valence-corrected chi connectivity index (χ3v) is 6.17. The van der Waals surface area contributed by atoms with Crippen LogP contribution in [0.5, 0.6) is 5.75 Å². The largest absolute Gasteiger partial charge is 0.507 e. The summed E-state index contributed by atoms with van der Waals surface area (Å²) in [6.07, 6.45) is 3.83. The second-order valence-corrected chi connectivity index (χ2v) is 8.79. The molecule has 2 amide bonds. The zero-order valence-electron chi connectivity index (χ0n) is 17.3. The maximum Gasteiger partial charge on any atom is 0.342 e. The molecule has 8 heteroatoms. The fraction of sp³-hybridized carbons (Fsp3) is 0.292. The van der Waals surface area contributed by atoms with E-state index in [4.69, 9.17) is 11.6 Å². The van der Waals surface area contributed by atoms with Crippen LogP contribution < -0.4 is 10.6 Å². The standard InChI is InChI=1S/C24H23ClN4O3/c25-19-4-2-1-3-16(19)13-26-24(32)29-21(14-5-6-14)12-20(28-29)18-10-9-17(11-22(18)30)27-23(31)15-7-8-15/h1-4,9-12,14-15,30H,5-8,13H2,(H,26,32)(H,27,31). The molecule has 2 aromatic carbocycles. The summed E-state index contributed by atoms with van der Waals surface area (Å²) >= 11 is 6.18. The maximum absolute atomic E-state index is 12.9. The van der Waals surface area contributed by atoms with Crippen molar-refractivity contribution in [2.45, 2.75) is 38.1 Å². The summed E-state index contributed by atoms with van der Waals surface area (Å²) in [6.45, 7) is 0.290. The van der Waals surface area contributed by atoms with Gasteiger partial charge in [-0.2, -0.15) is 9.78 Å². The summed E-state index contributed by atoms with van der Waals surface area (Å²) in [5, 5.41) is 21.4. The topological polar surface area (TPSA) is 96.3 Å². The SMILES string of the molecule is O=C(Nc1ccc(-c2cc(C3CC3)n(C(=O)NCc3ccccc3Cl)n2)c(O)c1)C1CC1. The summed E-state index contributed by atoms with van der Waals surface area (Å²) in [5.74, 6) is 0.342. The molecule has 3 aromatic rings. The van der Waals surface area contributed by atoms with E-state index in [0.717, 1.165) is 36.9 Å². The molecule has 2 aliphatic rings. The van der Waals surface area contributed by atoms with Gasteiger partial charge < -0.3 is 15.7 Å².